The van der Waals surface area contributed by atoms with Crippen molar-refractivity contribution in [1.82, 2.24) is 0 Å². The Balaban J connectivity index is 0. The lowest BCUT2D eigenvalue weighted by atomic mass is 10.6. The van der Waals surface area contributed by atoms with Crippen LogP contribution in [0, 0.1) is 0 Å². The molecule has 0 amide bonds. The molecule has 0 aliphatic rings. The third kappa shape index (κ3) is 5.72. The van der Waals surface area contributed by atoms with Crippen molar-refractivity contribution < 1.29 is 9.69 Å². The summed E-state index contributed by atoms with van der Waals surface area (Å²) < 4.78 is 12.0. The monoisotopic (exact) mass is 194 g/mol. The third-order valence-electron chi connectivity index (χ3n) is 1.73. The van der Waals surface area contributed by atoms with E-state index in [2.05, 4.69) is 20.8 Å². The number of hydrogen-bond acceptors (Lipinski definition) is 2. The summed E-state index contributed by atoms with van der Waals surface area (Å²) >= 11 is 0. The van der Waals surface area contributed by atoms with E-state index in [1.54, 1.807) is 0 Å². The highest BCUT2D eigenvalue weighted by Gasteiger charge is 2.23. The van der Waals surface area contributed by atoms with Crippen LogP contribution in [0.3, 0.4) is 0 Å². The summed E-state index contributed by atoms with van der Waals surface area (Å²) in [7, 11) is -1.44. The molecule has 12 heavy (non-hydrogen) atoms. The van der Waals surface area contributed by atoms with E-state index >= 15 is 0 Å². The molecule has 3 heteroatoms. The Morgan fingerprint density at radius 2 is 1.08 bits per heavy atom. The summed E-state index contributed by atoms with van der Waals surface area (Å²) in [4.78, 5) is 0. The van der Waals surface area contributed by atoms with Crippen LogP contribution in [0.5, 0.6) is 0 Å². The van der Waals surface area contributed by atoms with E-state index in [4.69, 9.17) is 0 Å². The van der Waals surface area contributed by atoms with Crippen molar-refractivity contribution in [3.63, 3.8) is 0 Å². The van der Waals surface area contributed by atoms with E-state index in [9.17, 15) is 4.21 Å². The minimum atomic E-state index is -1.44. The van der Waals surface area contributed by atoms with Crippen LogP contribution in [0.2, 0.25) is 0 Å². The first-order valence-electron chi connectivity index (χ1n) is 4.65. The Morgan fingerprint density at radius 3 is 1.25 bits per heavy atom. The van der Waals surface area contributed by atoms with Crippen molar-refractivity contribution in [3.8, 4) is 0 Å². The second kappa shape index (κ2) is 7.74. The Hall–Kier alpha value is 0.110. The Morgan fingerprint density at radius 1 is 0.833 bits per heavy atom. The van der Waals surface area contributed by atoms with E-state index in [0.29, 0.717) is 0 Å². The van der Waals surface area contributed by atoms with E-state index in [0.717, 1.165) is 36.5 Å². The highest BCUT2D eigenvalue weighted by atomic mass is 32.2. The molecule has 1 N–H and O–H groups in total. The smallest absolute Gasteiger partial charge is 0.112 e. The van der Waals surface area contributed by atoms with Gasteiger partial charge in [-0.15, -0.1) is 4.21 Å². The van der Waals surface area contributed by atoms with Gasteiger partial charge in [0.2, 0.25) is 0 Å². The van der Waals surface area contributed by atoms with Crippen LogP contribution < -0.4 is 0 Å². The van der Waals surface area contributed by atoms with Crippen molar-refractivity contribution in [2.45, 2.75) is 40.0 Å². The summed E-state index contributed by atoms with van der Waals surface area (Å²) in [6.45, 7) is 6.35. The van der Waals surface area contributed by atoms with Gasteiger partial charge in [-0.3, -0.25) is 0 Å². The van der Waals surface area contributed by atoms with Crippen molar-refractivity contribution in [3.05, 3.63) is 0 Å². The van der Waals surface area contributed by atoms with E-state index < -0.39 is 9.93 Å². The fourth-order valence-corrected chi connectivity index (χ4v) is 4.27. The normalized spacial score (nSPS) is 10.9. The average Bonchev–Trinajstić information content (AvgIpc) is 1.88. The van der Waals surface area contributed by atoms with Gasteiger partial charge in [0.1, 0.15) is 17.3 Å². The molecule has 76 valence electrons. The van der Waals surface area contributed by atoms with Gasteiger partial charge in [0.15, 0.2) is 0 Å². The second-order valence-corrected chi connectivity index (χ2v) is 6.23. The van der Waals surface area contributed by atoms with Gasteiger partial charge >= 0.3 is 0 Å². The predicted molar refractivity (Wildman–Crippen MR) is 55.5 cm³/mol. The molecular weight excluding hydrogens is 172 g/mol. The Kier molecular flexibility index (Phi) is 9.44. The standard InChI is InChI=1S/C9H21OS.H2O/c1-4-7-11(10,8-5-2)9-6-3;/h4-9H2,1-3H3;1H2/q+1;/p-1. The van der Waals surface area contributed by atoms with Gasteiger partial charge < -0.3 is 5.48 Å². The zero-order valence-electron chi connectivity index (χ0n) is 8.51. The fourth-order valence-electron chi connectivity index (χ4n) is 1.42. The highest BCUT2D eigenvalue weighted by Crippen LogP contribution is 2.10. The molecule has 2 nitrogen and oxygen atoms in total. The lowest BCUT2D eigenvalue weighted by Crippen LogP contribution is -2.23. The summed E-state index contributed by atoms with van der Waals surface area (Å²) in [5.74, 6) is 2.82. The van der Waals surface area contributed by atoms with Gasteiger partial charge in [-0.2, -0.15) is 0 Å². The Bertz CT molecular complexity index is 111. The molecule has 0 saturated heterocycles. The molecule has 0 spiro atoms. The van der Waals surface area contributed by atoms with E-state index in [1.165, 1.54) is 0 Å². The van der Waals surface area contributed by atoms with Crippen LogP contribution in [0.25, 0.3) is 0 Å². The summed E-state index contributed by atoms with van der Waals surface area (Å²) in [6.07, 6.45) is 3.20. The zero-order chi connectivity index (χ0) is 8.74. The topological polar surface area (TPSA) is 47.1 Å². The first kappa shape index (κ1) is 14.6. The van der Waals surface area contributed by atoms with E-state index in [-0.39, 0.29) is 5.48 Å². The molecule has 0 aliphatic heterocycles. The molecule has 0 rings (SSSR count). The Labute approximate surface area is 77.5 Å². The maximum atomic E-state index is 12.0. The second-order valence-electron chi connectivity index (χ2n) is 3.08. The van der Waals surface area contributed by atoms with Gasteiger partial charge in [-0.25, -0.2) is 0 Å². The highest BCUT2D eigenvalue weighted by molar-refractivity contribution is 8.02. The maximum Gasteiger partial charge on any atom is 0.112 e. The molecule has 0 aliphatic carbocycles. The van der Waals surface area contributed by atoms with Crippen molar-refractivity contribution in [2.24, 2.45) is 0 Å². The van der Waals surface area contributed by atoms with Gasteiger partial charge in [0.25, 0.3) is 0 Å². The molecule has 0 aromatic rings. The largest absolute Gasteiger partial charge is 0.870 e. The van der Waals surface area contributed by atoms with Crippen molar-refractivity contribution in [1.29, 1.82) is 0 Å². The molecule has 0 aromatic heterocycles. The minimum absolute atomic E-state index is 0. The van der Waals surface area contributed by atoms with Crippen LogP contribution in [-0.2, 0) is 14.1 Å². The molecule has 0 fully saturated rings. The van der Waals surface area contributed by atoms with Crippen LogP contribution in [-0.4, -0.2) is 22.7 Å². The van der Waals surface area contributed by atoms with Crippen LogP contribution in [0.4, 0.5) is 0 Å². The molecule has 0 radical (unpaired) electrons. The zero-order valence-corrected chi connectivity index (χ0v) is 9.32. The van der Waals surface area contributed by atoms with Crippen LogP contribution in [0.15, 0.2) is 0 Å². The lowest BCUT2D eigenvalue weighted by molar-refractivity contribution is 0.581. The summed E-state index contributed by atoms with van der Waals surface area (Å²) in [5, 5.41) is 0. The van der Waals surface area contributed by atoms with Gasteiger partial charge in [0.05, 0.1) is 9.93 Å². The molecule has 0 aromatic carbocycles. The van der Waals surface area contributed by atoms with Crippen molar-refractivity contribution >= 4 is 9.93 Å². The fraction of sp³-hybridized carbons (Fsp3) is 1.00. The maximum absolute atomic E-state index is 12.0. The van der Waals surface area contributed by atoms with Gasteiger partial charge in [-0.05, 0) is 19.3 Å². The SMILES string of the molecule is CCC[S+](=O)(CCC)CCC.[OH-]. The summed E-state index contributed by atoms with van der Waals surface area (Å²) in [6, 6.07) is 0. The average molecular weight is 194 g/mol. The first-order valence-corrected chi connectivity index (χ1v) is 6.72. The van der Waals surface area contributed by atoms with Gasteiger partial charge in [-0.1, -0.05) is 20.8 Å². The van der Waals surface area contributed by atoms with Crippen LogP contribution >= 0.6 is 0 Å². The third-order valence-corrected chi connectivity index (χ3v) is 5.19. The van der Waals surface area contributed by atoms with Gasteiger partial charge in [0, 0.05) is 0 Å². The lowest BCUT2D eigenvalue weighted by Gasteiger charge is -2.08. The minimum Gasteiger partial charge on any atom is -0.870 e. The summed E-state index contributed by atoms with van der Waals surface area (Å²) in [5.41, 5.74) is 0. The molecule has 0 saturated carbocycles. The quantitative estimate of drug-likeness (QED) is 0.610. The number of hydrogen-bond donors (Lipinski definition) is 0. The van der Waals surface area contributed by atoms with E-state index in [1.807, 2.05) is 0 Å². The molecular formula is C9H22O2S. The van der Waals surface area contributed by atoms with Crippen molar-refractivity contribution in [2.75, 3.05) is 17.3 Å². The molecule has 0 heterocycles. The molecule has 0 atom stereocenters. The molecule has 0 unspecified atom stereocenters. The predicted octanol–water partition coefficient (Wildman–Crippen LogP) is 2.54. The number of rotatable bonds is 6. The van der Waals surface area contributed by atoms with Crippen LogP contribution in [0.1, 0.15) is 40.0 Å². The molecule has 0 bridgehead atoms. The first-order chi connectivity index (χ1) is 5.18.